The first-order valence-corrected chi connectivity index (χ1v) is 10.3. The Kier molecular flexibility index (Phi) is 5.91. The van der Waals surface area contributed by atoms with Crippen LogP contribution >= 0.6 is 0 Å². The third kappa shape index (κ3) is 4.11. The molecule has 4 aromatic rings. The number of amides is 1. The molecule has 31 heavy (non-hydrogen) atoms. The summed E-state index contributed by atoms with van der Waals surface area (Å²) in [6.07, 6.45) is 0.693. The van der Waals surface area contributed by atoms with E-state index in [1.165, 1.54) is 0 Å². The second kappa shape index (κ2) is 8.78. The summed E-state index contributed by atoms with van der Waals surface area (Å²) in [6.45, 7) is 4.85. The Morgan fingerprint density at radius 3 is 2.52 bits per heavy atom. The monoisotopic (exact) mass is 419 g/mol. The summed E-state index contributed by atoms with van der Waals surface area (Å²) in [5.74, 6) is 0.586. The number of hydrogen-bond acceptors (Lipinski definition) is 5. The molecule has 2 aromatic carbocycles. The van der Waals surface area contributed by atoms with Crippen LogP contribution in [0.2, 0.25) is 0 Å². The Balaban J connectivity index is 1.76. The molecule has 0 spiro atoms. The molecule has 0 fully saturated rings. The van der Waals surface area contributed by atoms with Gasteiger partial charge in [-0.25, -0.2) is 4.79 Å². The maximum atomic E-state index is 12.6. The quantitative estimate of drug-likeness (QED) is 0.352. The van der Waals surface area contributed by atoms with Crippen LogP contribution in [-0.2, 0) is 16.0 Å². The highest BCUT2D eigenvalue weighted by atomic mass is 16.5. The highest BCUT2D eigenvalue weighted by molar-refractivity contribution is 6.03. The normalized spacial score (nSPS) is 11.3. The Labute approximate surface area is 179 Å². The molecular formula is C25H25NO5. The Hall–Kier alpha value is -3.38. The van der Waals surface area contributed by atoms with Crippen LogP contribution in [0, 0.1) is 13.8 Å². The lowest BCUT2D eigenvalue weighted by Gasteiger charge is -2.09. The van der Waals surface area contributed by atoms with Gasteiger partial charge in [-0.05, 0) is 37.5 Å². The molecule has 0 atom stereocenters. The number of benzene rings is 2. The molecule has 2 heterocycles. The van der Waals surface area contributed by atoms with Gasteiger partial charge in [-0.3, -0.25) is 4.79 Å². The standard InChI is InChI=1S/C25H25NO5/c1-15-18-12-20-22(30-16(2)24(20)17-8-5-4-6-9-17)14-21(18)31-25(28)19(15)13-23(27)26-10-7-11-29-3/h4-6,8-9,12,14H,7,10-11,13H2,1-3H3,(H,26,27). The minimum atomic E-state index is -0.497. The largest absolute Gasteiger partial charge is 0.461 e. The van der Waals surface area contributed by atoms with E-state index in [1.54, 1.807) is 13.2 Å². The van der Waals surface area contributed by atoms with E-state index < -0.39 is 5.63 Å². The van der Waals surface area contributed by atoms with Crippen molar-refractivity contribution in [3.8, 4) is 11.1 Å². The lowest BCUT2D eigenvalue weighted by Crippen LogP contribution is -2.29. The molecule has 6 heteroatoms. The highest BCUT2D eigenvalue weighted by Gasteiger charge is 2.19. The fourth-order valence-electron chi connectivity index (χ4n) is 3.94. The van der Waals surface area contributed by atoms with E-state index in [1.807, 2.05) is 50.2 Å². The predicted octanol–water partition coefficient (Wildman–Crippen LogP) is 4.52. The zero-order valence-corrected chi connectivity index (χ0v) is 17.9. The average Bonchev–Trinajstić information content (AvgIpc) is 3.08. The topological polar surface area (TPSA) is 81.7 Å². The third-order valence-electron chi connectivity index (χ3n) is 5.52. The minimum Gasteiger partial charge on any atom is -0.461 e. The summed E-state index contributed by atoms with van der Waals surface area (Å²) in [6, 6.07) is 13.8. The molecule has 0 radical (unpaired) electrons. The van der Waals surface area contributed by atoms with E-state index in [9.17, 15) is 9.59 Å². The molecule has 0 unspecified atom stereocenters. The number of methoxy groups -OCH3 is 1. The molecule has 0 saturated heterocycles. The fourth-order valence-corrected chi connectivity index (χ4v) is 3.94. The maximum Gasteiger partial charge on any atom is 0.340 e. The Morgan fingerprint density at radius 2 is 1.77 bits per heavy atom. The lowest BCUT2D eigenvalue weighted by atomic mass is 9.98. The molecule has 0 saturated carbocycles. The SMILES string of the molecule is COCCCNC(=O)Cc1c(C)c2cc3c(-c4ccccc4)c(C)oc3cc2oc1=O. The van der Waals surface area contributed by atoms with Crippen LogP contribution in [0.1, 0.15) is 23.3 Å². The zero-order chi connectivity index (χ0) is 22.0. The van der Waals surface area contributed by atoms with Crippen molar-refractivity contribution in [2.45, 2.75) is 26.7 Å². The smallest absolute Gasteiger partial charge is 0.340 e. The second-order valence-corrected chi connectivity index (χ2v) is 7.61. The van der Waals surface area contributed by atoms with Gasteiger partial charge in [-0.2, -0.15) is 0 Å². The van der Waals surface area contributed by atoms with Gasteiger partial charge < -0.3 is 18.9 Å². The number of ether oxygens (including phenoxy) is 1. The maximum absolute atomic E-state index is 12.6. The summed E-state index contributed by atoms with van der Waals surface area (Å²) >= 11 is 0. The van der Waals surface area contributed by atoms with Gasteiger partial charge in [0, 0.05) is 42.7 Å². The molecule has 1 N–H and O–H groups in total. The minimum absolute atomic E-state index is 0.0227. The van der Waals surface area contributed by atoms with Gasteiger partial charge in [0.15, 0.2) is 0 Å². The number of furan rings is 1. The van der Waals surface area contributed by atoms with E-state index in [-0.39, 0.29) is 12.3 Å². The van der Waals surface area contributed by atoms with Gasteiger partial charge in [-0.15, -0.1) is 0 Å². The first-order valence-electron chi connectivity index (χ1n) is 10.3. The molecule has 0 aliphatic heterocycles. The van der Waals surface area contributed by atoms with Crippen LogP contribution in [-0.4, -0.2) is 26.2 Å². The van der Waals surface area contributed by atoms with Gasteiger partial charge in [0.05, 0.1) is 12.0 Å². The van der Waals surface area contributed by atoms with Crippen LogP contribution in [0.4, 0.5) is 0 Å². The zero-order valence-electron chi connectivity index (χ0n) is 17.9. The van der Waals surface area contributed by atoms with Crippen LogP contribution in [0.15, 0.2) is 56.1 Å². The van der Waals surface area contributed by atoms with Crippen molar-refractivity contribution in [3.63, 3.8) is 0 Å². The summed E-state index contributed by atoms with van der Waals surface area (Å²) in [4.78, 5) is 24.9. The van der Waals surface area contributed by atoms with Crippen LogP contribution in [0.5, 0.6) is 0 Å². The van der Waals surface area contributed by atoms with Crippen molar-refractivity contribution in [2.24, 2.45) is 0 Å². The molecule has 0 bridgehead atoms. The van der Waals surface area contributed by atoms with Gasteiger partial charge in [0.1, 0.15) is 16.9 Å². The van der Waals surface area contributed by atoms with Crippen molar-refractivity contribution < 1.29 is 18.4 Å². The van der Waals surface area contributed by atoms with Crippen molar-refractivity contribution in [1.82, 2.24) is 5.32 Å². The number of aryl methyl sites for hydroxylation is 2. The second-order valence-electron chi connectivity index (χ2n) is 7.61. The first kappa shape index (κ1) is 20.9. The Bertz CT molecular complexity index is 1300. The number of nitrogens with one attached hydrogen (secondary N) is 1. The van der Waals surface area contributed by atoms with Crippen molar-refractivity contribution in [2.75, 3.05) is 20.3 Å². The summed E-state index contributed by atoms with van der Waals surface area (Å²) < 4.78 is 16.5. The molecule has 160 valence electrons. The third-order valence-corrected chi connectivity index (χ3v) is 5.52. The molecule has 6 nitrogen and oxygen atoms in total. The summed E-state index contributed by atoms with van der Waals surface area (Å²) in [7, 11) is 1.62. The first-order chi connectivity index (χ1) is 15.0. The van der Waals surface area contributed by atoms with Crippen LogP contribution in [0.25, 0.3) is 33.1 Å². The van der Waals surface area contributed by atoms with Crippen LogP contribution < -0.4 is 10.9 Å². The number of carbonyl (C=O) groups excluding carboxylic acids is 1. The van der Waals surface area contributed by atoms with E-state index in [0.29, 0.717) is 36.3 Å². The molecular weight excluding hydrogens is 394 g/mol. The van der Waals surface area contributed by atoms with Crippen LogP contribution in [0.3, 0.4) is 0 Å². The van der Waals surface area contributed by atoms with Crippen molar-refractivity contribution in [3.05, 3.63) is 69.8 Å². The van der Waals surface area contributed by atoms with Gasteiger partial charge in [-0.1, -0.05) is 30.3 Å². The van der Waals surface area contributed by atoms with Gasteiger partial charge in [0.2, 0.25) is 5.91 Å². The van der Waals surface area contributed by atoms with E-state index >= 15 is 0 Å². The molecule has 1 amide bonds. The molecule has 0 aliphatic carbocycles. The number of fused-ring (bicyclic) bond motifs is 2. The van der Waals surface area contributed by atoms with Crippen molar-refractivity contribution in [1.29, 1.82) is 0 Å². The molecule has 4 rings (SSSR count). The highest BCUT2D eigenvalue weighted by Crippen LogP contribution is 2.37. The van der Waals surface area contributed by atoms with Crippen molar-refractivity contribution >= 4 is 27.8 Å². The molecule has 2 aromatic heterocycles. The predicted molar refractivity (Wildman–Crippen MR) is 120 cm³/mol. The number of rotatable bonds is 7. The lowest BCUT2D eigenvalue weighted by molar-refractivity contribution is -0.120. The fraction of sp³-hybridized carbons (Fsp3) is 0.280. The van der Waals surface area contributed by atoms with E-state index in [2.05, 4.69) is 5.32 Å². The van der Waals surface area contributed by atoms with Gasteiger partial charge >= 0.3 is 5.63 Å². The summed E-state index contributed by atoms with van der Waals surface area (Å²) in [5, 5.41) is 4.56. The average molecular weight is 419 g/mol. The van der Waals surface area contributed by atoms with E-state index in [4.69, 9.17) is 13.6 Å². The molecule has 0 aliphatic rings. The summed E-state index contributed by atoms with van der Waals surface area (Å²) in [5.41, 5.74) is 3.81. The van der Waals surface area contributed by atoms with E-state index in [0.717, 1.165) is 33.2 Å². The number of carbonyl (C=O) groups is 1. The number of hydrogen-bond donors (Lipinski definition) is 1. The Morgan fingerprint density at radius 1 is 1.03 bits per heavy atom. The van der Waals surface area contributed by atoms with Gasteiger partial charge in [0.25, 0.3) is 0 Å².